The normalized spacial score (nSPS) is 11.6. The minimum Gasteiger partial charge on any atom is -0.489 e. The molecular weight excluding hydrogens is 385 g/mol. The summed E-state index contributed by atoms with van der Waals surface area (Å²) < 4.78 is 51.4. The topological polar surface area (TPSA) is 52.5 Å². The number of benzene rings is 2. The molecular formula is C21H21F3N2O3. The van der Waals surface area contributed by atoms with Gasteiger partial charge in [0.25, 0.3) is 0 Å². The third kappa shape index (κ3) is 5.29. The van der Waals surface area contributed by atoms with Crippen molar-refractivity contribution < 1.29 is 27.4 Å². The molecule has 0 saturated carbocycles. The molecule has 0 atom stereocenters. The fourth-order valence-corrected chi connectivity index (χ4v) is 2.94. The van der Waals surface area contributed by atoms with E-state index in [2.05, 4.69) is 5.32 Å². The average molecular weight is 406 g/mol. The number of hydrogen-bond donors (Lipinski definition) is 1. The SMILES string of the molecule is COCCOc1ccc(C(F)(F)F)cc1NC(=O)CCn1ccc2ccccc21. The van der Waals surface area contributed by atoms with Crippen LogP contribution in [-0.2, 0) is 22.3 Å². The maximum Gasteiger partial charge on any atom is 0.416 e. The van der Waals surface area contributed by atoms with Crippen LogP contribution in [0.15, 0.2) is 54.7 Å². The number of carbonyl (C=O) groups is 1. The molecule has 0 unspecified atom stereocenters. The molecule has 5 nitrogen and oxygen atoms in total. The number of para-hydroxylation sites is 1. The fraction of sp³-hybridized carbons (Fsp3) is 0.286. The highest BCUT2D eigenvalue weighted by Crippen LogP contribution is 2.35. The lowest BCUT2D eigenvalue weighted by atomic mass is 10.1. The van der Waals surface area contributed by atoms with Crippen molar-refractivity contribution in [2.24, 2.45) is 0 Å². The Balaban J connectivity index is 1.71. The van der Waals surface area contributed by atoms with Crippen molar-refractivity contribution in [2.45, 2.75) is 19.1 Å². The molecule has 0 saturated heterocycles. The zero-order valence-electron chi connectivity index (χ0n) is 15.8. The van der Waals surface area contributed by atoms with Gasteiger partial charge < -0.3 is 19.4 Å². The Morgan fingerprint density at radius 1 is 1.10 bits per heavy atom. The second-order valence-corrected chi connectivity index (χ2v) is 6.42. The van der Waals surface area contributed by atoms with E-state index < -0.39 is 17.6 Å². The van der Waals surface area contributed by atoms with Crippen LogP contribution in [0, 0.1) is 0 Å². The lowest BCUT2D eigenvalue weighted by molar-refractivity contribution is -0.137. The van der Waals surface area contributed by atoms with Gasteiger partial charge in [-0.15, -0.1) is 0 Å². The number of amides is 1. The van der Waals surface area contributed by atoms with E-state index in [1.807, 2.05) is 41.1 Å². The molecule has 1 amide bonds. The number of alkyl halides is 3. The van der Waals surface area contributed by atoms with Crippen LogP contribution in [0.3, 0.4) is 0 Å². The first-order chi connectivity index (χ1) is 13.9. The van der Waals surface area contributed by atoms with Crippen molar-refractivity contribution in [1.82, 2.24) is 4.57 Å². The van der Waals surface area contributed by atoms with Crippen molar-refractivity contribution in [3.63, 3.8) is 0 Å². The molecule has 3 aromatic rings. The lowest BCUT2D eigenvalue weighted by Gasteiger charge is -2.15. The summed E-state index contributed by atoms with van der Waals surface area (Å²) in [5, 5.41) is 3.60. The summed E-state index contributed by atoms with van der Waals surface area (Å²) in [5.41, 5.74) is 0.115. The minimum atomic E-state index is -4.52. The predicted molar refractivity (Wildman–Crippen MR) is 104 cm³/mol. The number of fused-ring (bicyclic) bond motifs is 1. The number of rotatable bonds is 8. The molecule has 1 aromatic heterocycles. The summed E-state index contributed by atoms with van der Waals surface area (Å²) in [7, 11) is 1.49. The first kappa shape index (κ1) is 20.7. The molecule has 1 heterocycles. The average Bonchev–Trinajstić information content (AvgIpc) is 3.10. The van der Waals surface area contributed by atoms with Gasteiger partial charge in [-0.25, -0.2) is 0 Å². The van der Waals surface area contributed by atoms with Gasteiger partial charge in [-0.2, -0.15) is 13.2 Å². The number of aromatic nitrogens is 1. The van der Waals surface area contributed by atoms with Crippen molar-refractivity contribution in [2.75, 3.05) is 25.6 Å². The van der Waals surface area contributed by atoms with Crippen LogP contribution in [0.4, 0.5) is 18.9 Å². The summed E-state index contributed by atoms with van der Waals surface area (Å²) in [4.78, 5) is 12.4. The van der Waals surface area contributed by atoms with Gasteiger partial charge in [-0.1, -0.05) is 18.2 Å². The van der Waals surface area contributed by atoms with Crippen LogP contribution in [0.5, 0.6) is 5.75 Å². The summed E-state index contributed by atoms with van der Waals surface area (Å²) in [6, 6.07) is 12.7. The number of ether oxygens (including phenoxy) is 2. The second kappa shape index (κ2) is 9.00. The molecule has 0 aliphatic carbocycles. The van der Waals surface area contributed by atoms with Gasteiger partial charge >= 0.3 is 6.18 Å². The first-order valence-electron chi connectivity index (χ1n) is 9.05. The molecule has 0 radical (unpaired) electrons. The molecule has 0 bridgehead atoms. The van der Waals surface area contributed by atoms with Crippen LogP contribution in [0.2, 0.25) is 0 Å². The number of anilines is 1. The Morgan fingerprint density at radius 3 is 2.66 bits per heavy atom. The highest BCUT2D eigenvalue weighted by Gasteiger charge is 2.31. The third-order valence-corrected chi connectivity index (χ3v) is 4.39. The maximum absolute atomic E-state index is 13.0. The van der Waals surface area contributed by atoms with Crippen molar-refractivity contribution in [1.29, 1.82) is 0 Å². The van der Waals surface area contributed by atoms with E-state index in [-0.39, 0.29) is 31.1 Å². The third-order valence-electron chi connectivity index (χ3n) is 4.39. The number of methoxy groups -OCH3 is 1. The van der Waals surface area contributed by atoms with Crippen molar-refractivity contribution in [3.05, 3.63) is 60.3 Å². The number of halogens is 3. The Kier molecular flexibility index (Phi) is 6.43. The Hall–Kier alpha value is -3.00. The van der Waals surface area contributed by atoms with E-state index in [1.54, 1.807) is 0 Å². The molecule has 3 rings (SSSR count). The van der Waals surface area contributed by atoms with Gasteiger partial charge in [-0.05, 0) is 35.7 Å². The highest BCUT2D eigenvalue weighted by molar-refractivity contribution is 5.92. The Bertz CT molecular complexity index is 983. The van der Waals surface area contributed by atoms with Crippen LogP contribution in [0.25, 0.3) is 10.9 Å². The summed E-state index contributed by atoms with van der Waals surface area (Å²) in [6.45, 7) is 0.827. The van der Waals surface area contributed by atoms with Gasteiger partial charge in [0.15, 0.2) is 0 Å². The van der Waals surface area contributed by atoms with E-state index in [0.29, 0.717) is 6.54 Å². The van der Waals surface area contributed by atoms with Crippen LogP contribution in [-0.4, -0.2) is 30.8 Å². The van der Waals surface area contributed by atoms with Gasteiger partial charge in [0.05, 0.1) is 17.9 Å². The smallest absolute Gasteiger partial charge is 0.416 e. The largest absolute Gasteiger partial charge is 0.489 e. The molecule has 0 fully saturated rings. The second-order valence-electron chi connectivity index (χ2n) is 6.42. The summed E-state index contributed by atoms with van der Waals surface area (Å²) in [6.07, 6.45) is -2.54. The zero-order chi connectivity index (χ0) is 20.9. The number of nitrogens with one attached hydrogen (secondary N) is 1. The minimum absolute atomic E-state index is 0.0155. The molecule has 29 heavy (non-hydrogen) atoms. The maximum atomic E-state index is 13.0. The van der Waals surface area contributed by atoms with Crippen LogP contribution >= 0.6 is 0 Å². The van der Waals surface area contributed by atoms with Crippen LogP contribution < -0.4 is 10.1 Å². The monoisotopic (exact) mass is 406 g/mol. The van der Waals surface area contributed by atoms with E-state index >= 15 is 0 Å². The van der Waals surface area contributed by atoms with Crippen LogP contribution in [0.1, 0.15) is 12.0 Å². The van der Waals surface area contributed by atoms with E-state index in [4.69, 9.17) is 9.47 Å². The van der Waals surface area contributed by atoms with Gasteiger partial charge in [-0.3, -0.25) is 4.79 Å². The quantitative estimate of drug-likeness (QED) is 0.551. The lowest BCUT2D eigenvalue weighted by Crippen LogP contribution is -2.16. The van der Waals surface area contributed by atoms with Crippen molar-refractivity contribution in [3.8, 4) is 5.75 Å². The standard InChI is InChI=1S/C21H21F3N2O3/c1-28-12-13-29-19-7-6-16(21(22,23)24)14-17(19)25-20(27)9-11-26-10-8-15-4-2-3-5-18(15)26/h2-8,10,14H,9,11-13H2,1H3,(H,25,27). The number of aryl methyl sites for hydroxylation is 1. The molecule has 154 valence electrons. The van der Waals surface area contributed by atoms with E-state index in [1.165, 1.54) is 13.2 Å². The molecule has 8 heteroatoms. The Morgan fingerprint density at radius 2 is 1.90 bits per heavy atom. The number of nitrogens with zero attached hydrogens (tertiary/aromatic N) is 1. The highest BCUT2D eigenvalue weighted by atomic mass is 19.4. The number of hydrogen-bond acceptors (Lipinski definition) is 3. The van der Waals surface area contributed by atoms with E-state index in [9.17, 15) is 18.0 Å². The van der Waals surface area contributed by atoms with E-state index in [0.717, 1.165) is 23.0 Å². The zero-order valence-corrected chi connectivity index (χ0v) is 15.8. The molecule has 0 spiro atoms. The fourth-order valence-electron chi connectivity index (χ4n) is 2.94. The molecule has 1 N–H and O–H groups in total. The van der Waals surface area contributed by atoms with Gasteiger partial charge in [0, 0.05) is 31.8 Å². The molecule has 0 aliphatic heterocycles. The molecule has 0 aliphatic rings. The number of carbonyl (C=O) groups excluding carboxylic acids is 1. The van der Waals surface area contributed by atoms with Gasteiger partial charge in [0.2, 0.25) is 5.91 Å². The predicted octanol–water partition coefficient (Wildman–Crippen LogP) is 4.71. The van der Waals surface area contributed by atoms with Crippen molar-refractivity contribution >= 4 is 22.5 Å². The Labute approximate surface area is 166 Å². The van der Waals surface area contributed by atoms with Gasteiger partial charge in [0.1, 0.15) is 12.4 Å². The summed E-state index contributed by atoms with van der Waals surface area (Å²) in [5.74, 6) is -0.242. The summed E-state index contributed by atoms with van der Waals surface area (Å²) >= 11 is 0. The first-order valence-corrected chi connectivity index (χ1v) is 9.05. The molecule has 2 aromatic carbocycles.